The van der Waals surface area contributed by atoms with E-state index in [1.807, 2.05) is 6.92 Å². The van der Waals surface area contributed by atoms with Gasteiger partial charge in [-0.3, -0.25) is 9.69 Å². The number of nitrogens with one attached hydrogen (secondary N) is 1. The molecule has 8 nitrogen and oxygen atoms in total. The van der Waals surface area contributed by atoms with Gasteiger partial charge in [0, 0.05) is 50.9 Å². The van der Waals surface area contributed by atoms with Gasteiger partial charge < -0.3 is 9.73 Å². The maximum atomic E-state index is 13.1. The Labute approximate surface area is 192 Å². The van der Waals surface area contributed by atoms with Crippen molar-refractivity contribution in [3.63, 3.8) is 0 Å². The molecule has 2 heterocycles. The lowest BCUT2D eigenvalue weighted by atomic mass is 10.1. The first-order chi connectivity index (χ1) is 15.8. The third-order valence-electron chi connectivity index (χ3n) is 5.67. The second-order valence-electron chi connectivity index (χ2n) is 7.81. The zero-order valence-electron chi connectivity index (χ0n) is 18.4. The highest BCUT2D eigenvalue weighted by molar-refractivity contribution is 7.89. The molecule has 1 aromatic heterocycles. The van der Waals surface area contributed by atoms with Crippen molar-refractivity contribution >= 4 is 15.9 Å². The molecule has 3 aromatic rings. The van der Waals surface area contributed by atoms with Crippen molar-refractivity contribution in [1.82, 2.24) is 19.5 Å². The Balaban J connectivity index is 1.39. The Bertz CT molecular complexity index is 1230. The highest BCUT2D eigenvalue weighted by atomic mass is 32.2. The molecule has 10 heteroatoms. The topological polar surface area (TPSA) is 95.8 Å². The Hall–Kier alpha value is -3.08. The summed E-state index contributed by atoms with van der Waals surface area (Å²) in [4.78, 5) is 18.5. The Morgan fingerprint density at radius 2 is 1.70 bits per heavy atom. The Morgan fingerprint density at radius 1 is 1.06 bits per heavy atom. The molecule has 0 saturated carbocycles. The lowest BCUT2D eigenvalue weighted by molar-refractivity contribution is 0.0963. The molecule has 0 aliphatic carbocycles. The van der Waals surface area contributed by atoms with E-state index < -0.39 is 15.8 Å². The summed E-state index contributed by atoms with van der Waals surface area (Å²) in [7, 11) is -2.07. The number of oxazole rings is 1. The molecule has 0 spiro atoms. The number of halogens is 1. The van der Waals surface area contributed by atoms with Crippen molar-refractivity contribution in [3.05, 3.63) is 71.4 Å². The van der Waals surface area contributed by atoms with E-state index in [-0.39, 0.29) is 10.8 Å². The minimum atomic E-state index is -3.65. The van der Waals surface area contributed by atoms with Crippen LogP contribution < -0.4 is 5.32 Å². The van der Waals surface area contributed by atoms with Crippen LogP contribution in [-0.4, -0.2) is 61.7 Å². The predicted molar refractivity (Wildman–Crippen MR) is 121 cm³/mol. The molecule has 1 saturated heterocycles. The van der Waals surface area contributed by atoms with E-state index in [1.54, 1.807) is 31.3 Å². The van der Waals surface area contributed by atoms with E-state index in [9.17, 15) is 17.6 Å². The van der Waals surface area contributed by atoms with Crippen LogP contribution in [0.3, 0.4) is 0 Å². The van der Waals surface area contributed by atoms with Crippen molar-refractivity contribution in [1.29, 1.82) is 0 Å². The van der Waals surface area contributed by atoms with Crippen molar-refractivity contribution < 1.29 is 22.0 Å². The first kappa shape index (κ1) is 23.1. The van der Waals surface area contributed by atoms with Crippen LogP contribution in [0.4, 0.5) is 4.39 Å². The van der Waals surface area contributed by atoms with Crippen molar-refractivity contribution in [2.45, 2.75) is 18.4 Å². The van der Waals surface area contributed by atoms with Crippen molar-refractivity contribution in [2.24, 2.45) is 0 Å². The largest absolute Gasteiger partial charge is 0.441 e. The predicted octanol–water partition coefficient (Wildman–Crippen LogP) is 2.66. The van der Waals surface area contributed by atoms with Gasteiger partial charge in [0.1, 0.15) is 11.6 Å². The van der Waals surface area contributed by atoms with Gasteiger partial charge in [0.25, 0.3) is 5.91 Å². The Kier molecular flexibility index (Phi) is 6.59. The number of hydrogen-bond acceptors (Lipinski definition) is 6. The van der Waals surface area contributed by atoms with E-state index in [0.29, 0.717) is 49.9 Å². The third-order valence-corrected chi connectivity index (χ3v) is 7.58. The minimum absolute atomic E-state index is 0.0942. The second-order valence-corrected chi connectivity index (χ2v) is 9.75. The number of nitrogens with zero attached hydrogens (tertiary/aromatic N) is 3. The summed E-state index contributed by atoms with van der Waals surface area (Å²) in [6, 6.07) is 11.9. The molecule has 1 fully saturated rings. The van der Waals surface area contributed by atoms with Gasteiger partial charge in [-0.1, -0.05) is 0 Å². The van der Waals surface area contributed by atoms with Crippen LogP contribution in [0, 0.1) is 12.7 Å². The fourth-order valence-electron chi connectivity index (χ4n) is 3.70. The van der Waals surface area contributed by atoms with E-state index in [1.165, 1.54) is 16.4 Å². The van der Waals surface area contributed by atoms with Gasteiger partial charge in [-0.25, -0.2) is 17.8 Å². The lowest BCUT2D eigenvalue weighted by Crippen LogP contribution is -2.48. The highest BCUT2D eigenvalue weighted by Gasteiger charge is 2.29. The summed E-state index contributed by atoms with van der Waals surface area (Å²) in [6.45, 7) is 4.15. The SMILES string of the molecule is CNC(=O)c1ccc(-c2nc(CN3CCN(S(=O)(=O)c4ccc(F)cc4)CC3)c(C)o2)cc1. The first-order valence-corrected chi connectivity index (χ1v) is 12.0. The number of piperazine rings is 1. The molecule has 1 aliphatic rings. The summed E-state index contributed by atoms with van der Waals surface area (Å²) in [6.07, 6.45) is 0. The van der Waals surface area contributed by atoms with Gasteiger partial charge in [-0.05, 0) is 55.5 Å². The number of hydrogen-bond donors (Lipinski definition) is 1. The van der Waals surface area contributed by atoms with E-state index in [0.717, 1.165) is 23.4 Å². The van der Waals surface area contributed by atoms with E-state index >= 15 is 0 Å². The highest BCUT2D eigenvalue weighted by Crippen LogP contribution is 2.24. The van der Waals surface area contributed by atoms with Crippen molar-refractivity contribution in [3.8, 4) is 11.5 Å². The van der Waals surface area contributed by atoms with Gasteiger partial charge in [0.15, 0.2) is 0 Å². The van der Waals surface area contributed by atoms with Gasteiger partial charge in [0.05, 0.1) is 10.6 Å². The average molecular weight is 473 g/mol. The molecule has 33 heavy (non-hydrogen) atoms. The number of aromatic nitrogens is 1. The molecule has 1 N–H and O–H groups in total. The molecular weight excluding hydrogens is 447 g/mol. The van der Waals surface area contributed by atoms with Gasteiger partial charge in [0.2, 0.25) is 15.9 Å². The summed E-state index contributed by atoms with van der Waals surface area (Å²) in [5.41, 5.74) is 2.11. The maximum Gasteiger partial charge on any atom is 0.251 e. The second kappa shape index (κ2) is 9.42. The van der Waals surface area contributed by atoms with Gasteiger partial charge in [-0.15, -0.1) is 0 Å². The molecule has 4 rings (SSSR count). The summed E-state index contributed by atoms with van der Waals surface area (Å²) in [5, 5.41) is 2.58. The van der Waals surface area contributed by atoms with Crippen molar-refractivity contribution in [2.75, 3.05) is 33.2 Å². The number of aryl methyl sites for hydroxylation is 1. The number of amides is 1. The molecule has 0 bridgehead atoms. The van der Waals surface area contributed by atoms with Gasteiger partial charge in [-0.2, -0.15) is 4.31 Å². The average Bonchev–Trinajstić information content (AvgIpc) is 3.19. The molecular formula is C23H25FN4O4S. The standard InChI is InChI=1S/C23H25FN4O4S/c1-16-21(26-23(32-16)18-5-3-17(4-6-18)22(29)25-2)15-27-11-13-28(14-12-27)33(30,31)20-9-7-19(24)8-10-20/h3-10H,11-15H2,1-2H3,(H,25,29). The number of carbonyl (C=O) groups is 1. The molecule has 0 atom stereocenters. The van der Waals surface area contributed by atoms with Crippen LogP contribution in [0.15, 0.2) is 57.8 Å². The lowest BCUT2D eigenvalue weighted by Gasteiger charge is -2.33. The molecule has 0 radical (unpaired) electrons. The van der Waals surface area contributed by atoms with E-state index in [4.69, 9.17) is 4.42 Å². The first-order valence-electron chi connectivity index (χ1n) is 10.5. The van der Waals surface area contributed by atoms with Crippen LogP contribution in [0.2, 0.25) is 0 Å². The molecule has 1 aliphatic heterocycles. The third kappa shape index (κ3) is 4.97. The fourth-order valence-corrected chi connectivity index (χ4v) is 5.12. The van der Waals surface area contributed by atoms with Crippen LogP contribution in [-0.2, 0) is 16.6 Å². The van der Waals surface area contributed by atoms with Gasteiger partial charge >= 0.3 is 0 Å². The maximum absolute atomic E-state index is 13.1. The summed E-state index contributed by atoms with van der Waals surface area (Å²) >= 11 is 0. The van der Waals surface area contributed by atoms with E-state index in [2.05, 4.69) is 15.2 Å². The fraction of sp³-hybridized carbons (Fsp3) is 0.304. The van der Waals surface area contributed by atoms with Crippen LogP contribution in [0.5, 0.6) is 0 Å². The quantitative estimate of drug-likeness (QED) is 0.593. The molecule has 1 amide bonds. The molecule has 2 aromatic carbocycles. The number of sulfonamides is 1. The normalized spacial score (nSPS) is 15.5. The number of carbonyl (C=O) groups excluding carboxylic acids is 1. The summed E-state index contributed by atoms with van der Waals surface area (Å²) in [5.74, 6) is 0.542. The van der Waals surface area contributed by atoms with Crippen LogP contribution >= 0.6 is 0 Å². The molecule has 174 valence electrons. The Morgan fingerprint density at radius 3 is 2.30 bits per heavy atom. The molecule has 0 unspecified atom stereocenters. The van der Waals surface area contributed by atoms with Crippen LogP contribution in [0.25, 0.3) is 11.5 Å². The number of benzene rings is 2. The number of rotatable bonds is 6. The smallest absolute Gasteiger partial charge is 0.251 e. The monoisotopic (exact) mass is 472 g/mol. The zero-order valence-corrected chi connectivity index (χ0v) is 19.2. The summed E-state index contributed by atoms with van der Waals surface area (Å²) < 4.78 is 46.0. The zero-order chi connectivity index (χ0) is 23.6. The van der Waals surface area contributed by atoms with Crippen LogP contribution in [0.1, 0.15) is 21.8 Å². The minimum Gasteiger partial charge on any atom is -0.441 e.